The van der Waals surface area contributed by atoms with E-state index in [4.69, 9.17) is 4.98 Å². The number of piperazine rings is 1. The molecule has 3 aromatic heterocycles. The Bertz CT molecular complexity index is 1510. The summed E-state index contributed by atoms with van der Waals surface area (Å²) in [5.74, 6) is 1.34. The highest BCUT2D eigenvalue weighted by atomic mass is 16.2. The Morgan fingerprint density at radius 2 is 1.92 bits per heavy atom. The first-order chi connectivity index (χ1) is 17.6. The molecule has 2 aromatic carbocycles. The zero-order valence-electron chi connectivity index (χ0n) is 19.8. The molecular weight excluding hydrogens is 452 g/mol. The van der Waals surface area contributed by atoms with Crippen LogP contribution < -0.4 is 10.6 Å². The second kappa shape index (κ2) is 9.27. The van der Waals surface area contributed by atoms with Crippen LogP contribution in [0.1, 0.15) is 17.4 Å². The van der Waals surface area contributed by atoms with E-state index in [1.807, 2.05) is 65.7 Å². The molecule has 9 nitrogen and oxygen atoms in total. The van der Waals surface area contributed by atoms with Crippen molar-refractivity contribution in [3.63, 3.8) is 0 Å². The second-order valence-corrected chi connectivity index (χ2v) is 8.99. The Balaban J connectivity index is 1.22. The molecule has 0 aliphatic carbocycles. The van der Waals surface area contributed by atoms with Gasteiger partial charge in [-0.2, -0.15) is 5.10 Å². The lowest BCUT2D eigenvalue weighted by Crippen LogP contribution is -2.52. The minimum Gasteiger partial charge on any atom is -0.351 e. The van der Waals surface area contributed by atoms with Gasteiger partial charge >= 0.3 is 0 Å². The van der Waals surface area contributed by atoms with Crippen LogP contribution in [-0.4, -0.2) is 61.6 Å². The van der Waals surface area contributed by atoms with E-state index >= 15 is 0 Å². The van der Waals surface area contributed by atoms with E-state index < -0.39 is 0 Å². The number of H-pyrrole nitrogens is 2. The molecule has 36 heavy (non-hydrogen) atoms. The molecule has 4 N–H and O–H groups in total. The van der Waals surface area contributed by atoms with Crippen molar-refractivity contribution in [2.75, 3.05) is 25.0 Å². The van der Waals surface area contributed by atoms with Crippen LogP contribution in [-0.2, 0) is 0 Å². The van der Waals surface area contributed by atoms with Gasteiger partial charge in [-0.25, -0.2) is 9.97 Å². The predicted octanol–water partition coefficient (Wildman–Crippen LogP) is 4.19. The van der Waals surface area contributed by atoms with Crippen molar-refractivity contribution in [3.05, 3.63) is 78.9 Å². The van der Waals surface area contributed by atoms with Crippen molar-refractivity contribution >= 4 is 28.3 Å². The highest BCUT2D eigenvalue weighted by Gasteiger charge is 2.25. The number of rotatable bonds is 5. The van der Waals surface area contributed by atoms with Crippen LogP contribution in [0.15, 0.2) is 73.2 Å². The lowest BCUT2D eigenvalue weighted by atomic mass is 10.1. The van der Waals surface area contributed by atoms with Crippen LogP contribution in [0.25, 0.3) is 33.4 Å². The first kappa shape index (κ1) is 22.0. The minimum atomic E-state index is 0.0305. The van der Waals surface area contributed by atoms with E-state index in [2.05, 4.69) is 37.7 Å². The predicted molar refractivity (Wildman–Crippen MR) is 140 cm³/mol. The van der Waals surface area contributed by atoms with Crippen LogP contribution in [0, 0.1) is 0 Å². The normalized spacial score (nSPS) is 15.8. The number of carbonyl (C=O) groups is 1. The van der Waals surface area contributed by atoms with Crippen molar-refractivity contribution in [3.8, 4) is 22.5 Å². The topological polar surface area (TPSA) is 115 Å². The molecule has 1 atom stereocenters. The molecule has 5 aromatic rings. The van der Waals surface area contributed by atoms with Crippen LogP contribution in [0.3, 0.4) is 0 Å². The van der Waals surface area contributed by atoms with E-state index in [1.165, 1.54) is 0 Å². The average molecular weight is 479 g/mol. The second-order valence-electron chi connectivity index (χ2n) is 8.99. The Kier molecular flexibility index (Phi) is 5.67. The summed E-state index contributed by atoms with van der Waals surface area (Å²) in [6, 6.07) is 18.0. The zero-order valence-corrected chi connectivity index (χ0v) is 19.8. The molecule has 0 saturated carbocycles. The van der Waals surface area contributed by atoms with Crippen molar-refractivity contribution in [1.82, 2.24) is 35.4 Å². The van der Waals surface area contributed by atoms with Crippen LogP contribution >= 0.6 is 0 Å². The first-order valence-corrected chi connectivity index (χ1v) is 12.0. The van der Waals surface area contributed by atoms with Crippen LogP contribution in [0.2, 0.25) is 0 Å². The first-order valence-electron chi connectivity index (χ1n) is 12.0. The van der Waals surface area contributed by atoms with E-state index in [-0.39, 0.29) is 11.9 Å². The fraction of sp³-hybridized carbons (Fsp3) is 0.185. The maximum Gasteiger partial charge on any atom is 0.270 e. The lowest BCUT2D eigenvalue weighted by Gasteiger charge is -2.33. The number of carbonyl (C=O) groups excluding carboxylic acids is 1. The third-order valence-corrected chi connectivity index (χ3v) is 6.52. The fourth-order valence-electron chi connectivity index (χ4n) is 4.55. The highest BCUT2D eigenvalue weighted by molar-refractivity contribution is 5.99. The van der Waals surface area contributed by atoms with Crippen molar-refractivity contribution < 1.29 is 4.79 Å². The van der Waals surface area contributed by atoms with Gasteiger partial charge in [0.05, 0.1) is 6.20 Å². The number of amides is 1. The van der Waals surface area contributed by atoms with E-state index in [1.54, 1.807) is 12.4 Å². The lowest BCUT2D eigenvalue weighted by molar-refractivity contribution is 0.0650. The molecule has 1 unspecified atom stereocenters. The molecule has 1 saturated heterocycles. The minimum absolute atomic E-state index is 0.0305. The summed E-state index contributed by atoms with van der Waals surface area (Å²) in [6.45, 7) is 4.40. The largest absolute Gasteiger partial charge is 0.351 e. The Hall–Kier alpha value is -4.50. The van der Waals surface area contributed by atoms with Crippen molar-refractivity contribution in [2.24, 2.45) is 0 Å². The molecule has 0 radical (unpaired) electrons. The summed E-state index contributed by atoms with van der Waals surface area (Å²) in [5, 5.41) is 14.5. The summed E-state index contributed by atoms with van der Waals surface area (Å²) in [5.41, 5.74) is 5.41. The molecule has 1 aliphatic heterocycles. The molecule has 1 fully saturated rings. The summed E-state index contributed by atoms with van der Waals surface area (Å²) >= 11 is 0. The third kappa shape index (κ3) is 4.32. The monoisotopic (exact) mass is 478 g/mol. The SMILES string of the molecule is CC1CNCCN1C(=O)c1cc2ccc(-c3nccc(Nc4ccc(-c5cn[nH]c5)cc4)n3)cc2[nH]1. The van der Waals surface area contributed by atoms with E-state index in [9.17, 15) is 4.79 Å². The Morgan fingerprint density at radius 3 is 2.72 bits per heavy atom. The standard InChI is InChI=1S/C27H26N8O/c1-17-14-28-10-11-35(17)27(36)24-12-19-2-3-20(13-23(19)33-24)26-29-9-8-25(34-26)32-22-6-4-18(5-7-22)21-15-30-31-16-21/h2-9,12-13,15-17,28,33H,10-11,14H2,1H3,(H,30,31)(H,29,32,34). The summed E-state index contributed by atoms with van der Waals surface area (Å²) in [4.78, 5) is 27.5. The van der Waals surface area contributed by atoms with E-state index in [0.717, 1.165) is 46.4 Å². The fourth-order valence-corrected chi connectivity index (χ4v) is 4.55. The maximum atomic E-state index is 13.1. The zero-order chi connectivity index (χ0) is 24.5. The number of fused-ring (bicyclic) bond motifs is 1. The molecule has 9 heteroatoms. The molecule has 180 valence electrons. The molecule has 1 amide bonds. The van der Waals surface area contributed by atoms with Gasteiger partial charge in [0.2, 0.25) is 0 Å². The number of nitrogens with one attached hydrogen (secondary N) is 4. The number of benzene rings is 2. The highest BCUT2D eigenvalue weighted by Crippen LogP contribution is 2.26. The molecular formula is C27H26N8O. The van der Waals surface area contributed by atoms with Gasteiger partial charge in [-0.05, 0) is 42.8 Å². The molecule has 0 bridgehead atoms. The summed E-state index contributed by atoms with van der Waals surface area (Å²) in [6.07, 6.45) is 5.40. The number of nitrogens with zero attached hydrogens (tertiary/aromatic N) is 4. The van der Waals surface area contributed by atoms with Gasteiger partial charge in [-0.1, -0.05) is 24.3 Å². The van der Waals surface area contributed by atoms with Gasteiger partial charge in [0.15, 0.2) is 5.82 Å². The number of anilines is 2. The molecule has 6 rings (SSSR count). The molecule has 0 spiro atoms. The quantitative estimate of drug-likeness (QED) is 0.301. The van der Waals surface area contributed by atoms with Gasteiger partial charge in [0.25, 0.3) is 5.91 Å². The Morgan fingerprint density at radius 1 is 1.06 bits per heavy atom. The number of hydrogen-bond donors (Lipinski definition) is 4. The van der Waals surface area contributed by atoms with Crippen molar-refractivity contribution in [2.45, 2.75) is 13.0 Å². The van der Waals surface area contributed by atoms with Gasteiger partial charge in [0, 0.05) is 65.8 Å². The summed E-state index contributed by atoms with van der Waals surface area (Å²) in [7, 11) is 0. The number of aromatic nitrogens is 5. The smallest absolute Gasteiger partial charge is 0.270 e. The number of hydrogen-bond acceptors (Lipinski definition) is 6. The Labute approximate surface area is 208 Å². The van der Waals surface area contributed by atoms with E-state index in [0.29, 0.717) is 23.9 Å². The third-order valence-electron chi connectivity index (χ3n) is 6.52. The van der Waals surface area contributed by atoms with Crippen LogP contribution in [0.4, 0.5) is 11.5 Å². The number of aromatic amines is 2. The molecule has 1 aliphatic rings. The van der Waals surface area contributed by atoms with Gasteiger partial charge in [-0.3, -0.25) is 9.89 Å². The maximum absolute atomic E-state index is 13.1. The summed E-state index contributed by atoms with van der Waals surface area (Å²) < 4.78 is 0. The molecule has 4 heterocycles. The van der Waals surface area contributed by atoms with Gasteiger partial charge < -0.3 is 20.5 Å². The van der Waals surface area contributed by atoms with Crippen molar-refractivity contribution in [1.29, 1.82) is 0 Å². The van der Waals surface area contributed by atoms with Crippen LogP contribution in [0.5, 0.6) is 0 Å². The van der Waals surface area contributed by atoms with Gasteiger partial charge in [0.1, 0.15) is 11.5 Å². The van der Waals surface area contributed by atoms with Gasteiger partial charge in [-0.15, -0.1) is 0 Å². The average Bonchev–Trinajstić information content (AvgIpc) is 3.59.